The van der Waals surface area contributed by atoms with Crippen molar-refractivity contribution in [2.24, 2.45) is 0 Å². The van der Waals surface area contributed by atoms with Gasteiger partial charge in [-0.3, -0.25) is 4.79 Å². The van der Waals surface area contributed by atoms with Crippen LogP contribution in [0.1, 0.15) is 12.6 Å². The number of nitrogens with one attached hydrogen (secondary N) is 1. The topological polar surface area (TPSA) is 64.2 Å². The fourth-order valence-corrected chi connectivity index (χ4v) is 2.42. The van der Waals surface area contributed by atoms with Crippen LogP contribution in [0.15, 0.2) is 40.3 Å². The van der Waals surface area contributed by atoms with Crippen molar-refractivity contribution in [3.05, 3.63) is 46.4 Å². The third-order valence-corrected chi connectivity index (χ3v) is 3.62. The number of methoxy groups -OCH3 is 1. The summed E-state index contributed by atoms with van der Waals surface area (Å²) in [5.74, 6) is 2.30. The maximum Gasteiger partial charge on any atom is 0.251 e. The van der Waals surface area contributed by atoms with Crippen LogP contribution in [0.3, 0.4) is 0 Å². The first-order valence-corrected chi connectivity index (χ1v) is 7.69. The molecule has 0 amide bonds. The molecule has 0 saturated heterocycles. The van der Waals surface area contributed by atoms with Crippen LogP contribution in [0.2, 0.25) is 0 Å². The first-order chi connectivity index (χ1) is 10.2. The van der Waals surface area contributed by atoms with Crippen LogP contribution in [0, 0.1) is 0 Å². The lowest BCUT2D eigenvalue weighted by molar-refractivity contribution is 0.342. The summed E-state index contributed by atoms with van der Waals surface area (Å²) in [5.41, 5.74) is 0.692. The van der Waals surface area contributed by atoms with Crippen molar-refractivity contribution in [3.8, 4) is 11.5 Å². The normalized spacial score (nSPS) is 10.4. The SMILES string of the molecule is CCc1cc(=O)[nH]c(SCCOc2ccc(OC)cc2)n1. The van der Waals surface area contributed by atoms with Crippen molar-refractivity contribution < 1.29 is 9.47 Å². The Morgan fingerprint density at radius 1 is 1.24 bits per heavy atom. The van der Waals surface area contributed by atoms with Gasteiger partial charge in [0.2, 0.25) is 0 Å². The molecule has 0 aliphatic heterocycles. The molecule has 0 fully saturated rings. The molecule has 2 aromatic rings. The maximum atomic E-state index is 11.4. The molecule has 0 bridgehead atoms. The third-order valence-electron chi connectivity index (χ3n) is 2.79. The van der Waals surface area contributed by atoms with E-state index >= 15 is 0 Å². The van der Waals surface area contributed by atoms with Gasteiger partial charge in [0.25, 0.3) is 5.56 Å². The van der Waals surface area contributed by atoms with E-state index in [2.05, 4.69) is 9.97 Å². The summed E-state index contributed by atoms with van der Waals surface area (Å²) in [7, 11) is 1.63. The monoisotopic (exact) mass is 306 g/mol. The average Bonchev–Trinajstić information content (AvgIpc) is 2.51. The van der Waals surface area contributed by atoms with Crippen molar-refractivity contribution >= 4 is 11.8 Å². The number of aryl methyl sites for hydroxylation is 1. The molecule has 0 spiro atoms. The molecule has 0 aliphatic rings. The molecule has 1 aromatic carbocycles. The minimum absolute atomic E-state index is 0.111. The van der Waals surface area contributed by atoms with E-state index in [-0.39, 0.29) is 5.56 Å². The van der Waals surface area contributed by atoms with Gasteiger partial charge in [-0.05, 0) is 30.7 Å². The molecule has 21 heavy (non-hydrogen) atoms. The van der Waals surface area contributed by atoms with Crippen LogP contribution < -0.4 is 15.0 Å². The summed E-state index contributed by atoms with van der Waals surface area (Å²) in [6.07, 6.45) is 0.750. The number of hydrogen-bond acceptors (Lipinski definition) is 5. The van der Waals surface area contributed by atoms with Gasteiger partial charge >= 0.3 is 0 Å². The standard InChI is InChI=1S/C15H18N2O3S/c1-3-11-10-14(18)17-15(16-11)21-9-8-20-13-6-4-12(19-2)5-7-13/h4-7,10H,3,8-9H2,1-2H3,(H,16,17,18). The Bertz CT molecular complexity index is 626. The van der Waals surface area contributed by atoms with Crippen LogP contribution in [0.4, 0.5) is 0 Å². The van der Waals surface area contributed by atoms with Gasteiger partial charge in [0, 0.05) is 17.5 Å². The van der Waals surface area contributed by atoms with E-state index < -0.39 is 0 Å². The van der Waals surface area contributed by atoms with Crippen molar-refractivity contribution in [3.63, 3.8) is 0 Å². The summed E-state index contributed by atoms with van der Waals surface area (Å²) in [5, 5.41) is 0.637. The molecule has 1 N–H and O–H groups in total. The van der Waals surface area contributed by atoms with E-state index in [1.165, 1.54) is 17.8 Å². The Hall–Kier alpha value is -1.95. The van der Waals surface area contributed by atoms with Gasteiger partial charge in [0.05, 0.1) is 13.7 Å². The summed E-state index contributed by atoms with van der Waals surface area (Å²) in [6.45, 7) is 2.51. The minimum atomic E-state index is -0.111. The zero-order valence-electron chi connectivity index (χ0n) is 12.1. The van der Waals surface area contributed by atoms with Crippen LogP contribution in [-0.2, 0) is 6.42 Å². The molecule has 0 aliphatic carbocycles. The highest BCUT2D eigenvalue weighted by Gasteiger charge is 2.01. The van der Waals surface area contributed by atoms with E-state index in [1.54, 1.807) is 7.11 Å². The number of hydrogen-bond donors (Lipinski definition) is 1. The highest BCUT2D eigenvalue weighted by atomic mass is 32.2. The molecular formula is C15H18N2O3S. The number of H-pyrrole nitrogens is 1. The fourth-order valence-electron chi connectivity index (χ4n) is 1.70. The summed E-state index contributed by atoms with van der Waals surface area (Å²) >= 11 is 1.47. The van der Waals surface area contributed by atoms with Gasteiger partial charge in [0.1, 0.15) is 11.5 Å². The highest BCUT2D eigenvalue weighted by molar-refractivity contribution is 7.99. The molecular weight excluding hydrogens is 288 g/mol. The zero-order chi connectivity index (χ0) is 15.1. The average molecular weight is 306 g/mol. The number of aromatic nitrogens is 2. The molecule has 1 aromatic heterocycles. The van der Waals surface area contributed by atoms with Crippen LogP contribution in [0.5, 0.6) is 11.5 Å². The maximum absolute atomic E-state index is 11.4. The number of aromatic amines is 1. The molecule has 0 atom stereocenters. The van der Waals surface area contributed by atoms with E-state index in [0.29, 0.717) is 17.5 Å². The predicted molar refractivity (Wildman–Crippen MR) is 83.4 cm³/mol. The molecule has 6 heteroatoms. The first kappa shape index (κ1) is 15.4. The lowest BCUT2D eigenvalue weighted by Crippen LogP contribution is -2.10. The van der Waals surface area contributed by atoms with Crippen molar-refractivity contribution in [1.82, 2.24) is 9.97 Å². The lowest BCUT2D eigenvalue weighted by Gasteiger charge is -2.07. The van der Waals surface area contributed by atoms with Crippen LogP contribution in [0.25, 0.3) is 0 Å². The van der Waals surface area contributed by atoms with Gasteiger partial charge in [0.15, 0.2) is 5.16 Å². The van der Waals surface area contributed by atoms with E-state index in [1.807, 2.05) is 31.2 Å². The van der Waals surface area contributed by atoms with Gasteiger partial charge in [-0.1, -0.05) is 18.7 Å². The molecule has 1 heterocycles. The smallest absolute Gasteiger partial charge is 0.251 e. The Morgan fingerprint density at radius 3 is 2.62 bits per heavy atom. The summed E-state index contributed by atoms with van der Waals surface area (Å²) in [4.78, 5) is 18.5. The largest absolute Gasteiger partial charge is 0.497 e. The highest BCUT2D eigenvalue weighted by Crippen LogP contribution is 2.18. The molecule has 112 valence electrons. The van der Waals surface area contributed by atoms with Gasteiger partial charge in [-0.25, -0.2) is 4.98 Å². The first-order valence-electron chi connectivity index (χ1n) is 6.71. The molecule has 2 rings (SSSR count). The lowest BCUT2D eigenvalue weighted by atomic mass is 10.3. The van der Waals surface area contributed by atoms with E-state index in [0.717, 1.165) is 23.6 Å². The second-order valence-electron chi connectivity index (χ2n) is 4.27. The summed E-state index contributed by atoms with van der Waals surface area (Å²) in [6, 6.07) is 8.96. The molecule has 5 nitrogen and oxygen atoms in total. The molecule has 0 saturated carbocycles. The number of thioether (sulfide) groups is 1. The van der Waals surface area contributed by atoms with Gasteiger partial charge < -0.3 is 14.5 Å². The van der Waals surface area contributed by atoms with Gasteiger partial charge in [-0.15, -0.1) is 0 Å². The Kier molecular flexibility index (Phi) is 5.68. The van der Waals surface area contributed by atoms with Crippen molar-refractivity contribution in [1.29, 1.82) is 0 Å². The number of rotatable bonds is 7. The summed E-state index contributed by atoms with van der Waals surface area (Å²) < 4.78 is 10.7. The number of nitrogens with zero attached hydrogens (tertiary/aromatic N) is 1. The fraction of sp³-hybridized carbons (Fsp3) is 0.333. The van der Waals surface area contributed by atoms with Crippen LogP contribution in [-0.4, -0.2) is 29.4 Å². The van der Waals surface area contributed by atoms with E-state index in [4.69, 9.17) is 9.47 Å². The Morgan fingerprint density at radius 2 is 1.95 bits per heavy atom. The molecule has 0 radical (unpaired) electrons. The molecule has 0 unspecified atom stereocenters. The van der Waals surface area contributed by atoms with Gasteiger partial charge in [-0.2, -0.15) is 0 Å². The minimum Gasteiger partial charge on any atom is -0.497 e. The van der Waals surface area contributed by atoms with Crippen molar-refractivity contribution in [2.45, 2.75) is 18.5 Å². The zero-order valence-corrected chi connectivity index (χ0v) is 12.9. The Balaban J connectivity index is 1.81. The second kappa shape index (κ2) is 7.73. The van der Waals surface area contributed by atoms with E-state index in [9.17, 15) is 4.79 Å². The second-order valence-corrected chi connectivity index (χ2v) is 5.35. The predicted octanol–water partition coefficient (Wildman–Crippen LogP) is 2.51. The Labute approximate surface area is 127 Å². The third kappa shape index (κ3) is 4.82. The number of ether oxygens (including phenoxy) is 2. The number of benzene rings is 1. The quantitative estimate of drug-likeness (QED) is 0.484. The van der Waals surface area contributed by atoms with Crippen molar-refractivity contribution in [2.75, 3.05) is 19.5 Å². The van der Waals surface area contributed by atoms with Crippen LogP contribution >= 0.6 is 11.8 Å².